The Morgan fingerprint density at radius 1 is 1.12 bits per heavy atom. The van der Waals surface area contributed by atoms with Gasteiger partial charge in [0.1, 0.15) is 0 Å². The van der Waals surface area contributed by atoms with Crippen LogP contribution >= 0.6 is 0 Å². The first-order valence-electron chi connectivity index (χ1n) is 6.37. The van der Waals surface area contributed by atoms with E-state index in [4.69, 9.17) is 4.84 Å². The average Bonchev–Trinajstić information content (AvgIpc) is 2.39. The van der Waals surface area contributed by atoms with Crippen molar-refractivity contribution >= 4 is 6.21 Å². The van der Waals surface area contributed by atoms with Crippen LogP contribution in [0.5, 0.6) is 0 Å². The minimum Gasteiger partial charge on any atom is -0.400 e. The zero-order valence-electron chi connectivity index (χ0n) is 9.79. The first-order chi connectivity index (χ1) is 8.34. The minimum absolute atomic E-state index is 0.108. The van der Waals surface area contributed by atoms with Crippen LogP contribution in [-0.2, 0) is 4.84 Å². The molecule has 0 radical (unpaired) electrons. The van der Waals surface area contributed by atoms with E-state index in [1.54, 1.807) is 6.21 Å². The van der Waals surface area contributed by atoms with Crippen LogP contribution < -0.4 is 0 Å². The van der Waals surface area contributed by atoms with Gasteiger partial charge < -0.3 is 4.84 Å². The Balaban J connectivity index is 1.93. The quantitative estimate of drug-likeness (QED) is 0.697. The monoisotopic (exact) mass is 231 g/mol. The van der Waals surface area contributed by atoms with Gasteiger partial charge in [0.25, 0.3) is 0 Å². The van der Waals surface area contributed by atoms with Crippen molar-refractivity contribution in [1.29, 1.82) is 0 Å². The van der Waals surface area contributed by atoms with Crippen molar-refractivity contribution in [3.05, 3.63) is 41.1 Å². The maximum Gasteiger partial charge on any atom is 0.217 e. The lowest BCUT2D eigenvalue weighted by molar-refractivity contribution is -0.759. The highest BCUT2D eigenvalue weighted by Gasteiger charge is 2.37. The van der Waals surface area contributed by atoms with Gasteiger partial charge in [-0.15, -0.1) is 0 Å². The van der Waals surface area contributed by atoms with Gasteiger partial charge in [-0.05, 0) is 24.3 Å². The van der Waals surface area contributed by atoms with Gasteiger partial charge in [-0.2, -0.15) is 0 Å². The Morgan fingerprint density at radius 3 is 2.71 bits per heavy atom. The van der Waals surface area contributed by atoms with Crippen LogP contribution in [0, 0.1) is 11.1 Å². The van der Waals surface area contributed by atoms with E-state index in [9.17, 15) is 5.21 Å². The molecule has 3 atom stereocenters. The van der Waals surface area contributed by atoms with Crippen molar-refractivity contribution in [2.45, 2.75) is 37.7 Å². The molecular formula is C14H17NO2. The first-order valence-corrected chi connectivity index (χ1v) is 6.37. The number of nitrogens with zero attached hydrogens (tertiary/aromatic N) is 1. The molecule has 3 nitrogen and oxygen atoms in total. The fourth-order valence-corrected chi connectivity index (χ4v) is 3.09. The molecule has 1 aromatic carbocycles. The Labute approximate surface area is 101 Å². The summed E-state index contributed by atoms with van der Waals surface area (Å²) in [4.78, 5) is 6.03. The van der Waals surface area contributed by atoms with Crippen molar-refractivity contribution in [2.24, 2.45) is 5.92 Å². The molecule has 0 bridgehead atoms. The summed E-state index contributed by atoms with van der Waals surface area (Å²) in [6, 6.07) is 10.3. The van der Waals surface area contributed by atoms with E-state index >= 15 is 0 Å². The molecule has 1 heterocycles. The summed E-state index contributed by atoms with van der Waals surface area (Å²) in [6.07, 6.45) is 6.39. The van der Waals surface area contributed by atoms with Crippen LogP contribution in [0.2, 0.25) is 0 Å². The lowest BCUT2D eigenvalue weighted by atomic mass is 9.75. The summed E-state index contributed by atoms with van der Waals surface area (Å²) in [5, 5.41) is 11.5. The SMILES string of the molecule is [O-][N+]1=C[C@@H](c2ccccc2)[C@@H]2CCCC[C@@H]2O1. The smallest absolute Gasteiger partial charge is 0.217 e. The number of rotatable bonds is 1. The van der Waals surface area contributed by atoms with Crippen LogP contribution in [-0.4, -0.2) is 17.2 Å². The molecule has 90 valence electrons. The Hall–Kier alpha value is -1.51. The fourth-order valence-electron chi connectivity index (χ4n) is 3.09. The Kier molecular flexibility index (Phi) is 2.75. The van der Waals surface area contributed by atoms with E-state index in [2.05, 4.69) is 12.1 Å². The van der Waals surface area contributed by atoms with Gasteiger partial charge in [0.05, 0.1) is 12.0 Å². The summed E-state index contributed by atoms with van der Waals surface area (Å²) >= 11 is 0. The summed E-state index contributed by atoms with van der Waals surface area (Å²) < 4.78 is 0. The fraction of sp³-hybridized carbons (Fsp3) is 0.500. The summed E-state index contributed by atoms with van der Waals surface area (Å²) in [7, 11) is 0. The third-order valence-corrected chi connectivity index (χ3v) is 3.92. The van der Waals surface area contributed by atoms with Gasteiger partial charge in [-0.25, -0.2) is 0 Å². The third kappa shape index (κ3) is 2.02. The average molecular weight is 231 g/mol. The molecule has 1 saturated carbocycles. The maximum atomic E-state index is 11.5. The van der Waals surface area contributed by atoms with E-state index in [-0.39, 0.29) is 12.0 Å². The highest BCUT2D eigenvalue weighted by molar-refractivity contribution is 5.64. The van der Waals surface area contributed by atoms with E-state index in [0.29, 0.717) is 10.8 Å². The lowest BCUT2D eigenvalue weighted by Gasteiger charge is -2.38. The van der Waals surface area contributed by atoms with Crippen LogP contribution in [0.3, 0.4) is 0 Å². The molecule has 0 unspecified atom stereocenters. The van der Waals surface area contributed by atoms with E-state index in [1.165, 1.54) is 18.4 Å². The first kappa shape index (κ1) is 10.6. The van der Waals surface area contributed by atoms with Gasteiger partial charge in [0.2, 0.25) is 6.21 Å². The number of hydrogen-bond donors (Lipinski definition) is 0. The standard InChI is InChI=1S/C14H17NO2/c16-15-10-13(11-6-2-1-3-7-11)12-8-4-5-9-14(12)17-15/h1-3,6-7,10,12-14H,4-5,8-9H2/t12-,13-,14-/m0/s1. The molecule has 1 aliphatic carbocycles. The molecule has 0 N–H and O–H groups in total. The molecule has 0 spiro atoms. The molecule has 3 rings (SSSR count). The lowest BCUT2D eigenvalue weighted by Crippen LogP contribution is -2.40. The third-order valence-electron chi connectivity index (χ3n) is 3.92. The molecule has 0 saturated heterocycles. The Bertz CT molecular complexity index is 415. The molecular weight excluding hydrogens is 214 g/mol. The van der Waals surface area contributed by atoms with Gasteiger partial charge >= 0.3 is 0 Å². The molecule has 17 heavy (non-hydrogen) atoms. The van der Waals surface area contributed by atoms with Crippen LogP contribution in [0.1, 0.15) is 37.2 Å². The summed E-state index contributed by atoms with van der Waals surface area (Å²) in [6.45, 7) is 0. The number of benzene rings is 1. The second kappa shape index (κ2) is 4.40. The number of hydrogen-bond acceptors (Lipinski definition) is 2. The van der Waals surface area contributed by atoms with Gasteiger partial charge in [-0.3, -0.25) is 5.21 Å². The second-order valence-electron chi connectivity index (χ2n) is 4.96. The molecule has 1 aliphatic heterocycles. The molecule has 3 heteroatoms. The molecule has 1 aromatic rings. The predicted molar refractivity (Wildman–Crippen MR) is 65.7 cm³/mol. The highest BCUT2D eigenvalue weighted by Crippen LogP contribution is 2.38. The van der Waals surface area contributed by atoms with Crippen molar-refractivity contribution in [3.63, 3.8) is 0 Å². The molecule has 0 aromatic heterocycles. The summed E-state index contributed by atoms with van der Waals surface area (Å²) in [5.41, 5.74) is 1.23. The molecule has 1 fully saturated rings. The maximum absolute atomic E-state index is 11.5. The minimum atomic E-state index is 0.108. The van der Waals surface area contributed by atoms with Crippen LogP contribution in [0.4, 0.5) is 0 Å². The zero-order chi connectivity index (χ0) is 11.7. The van der Waals surface area contributed by atoms with Gasteiger partial charge in [0.15, 0.2) is 0 Å². The van der Waals surface area contributed by atoms with Crippen LogP contribution in [0.15, 0.2) is 30.3 Å². The van der Waals surface area contributed by atoms with Crippen LogP contribution in [0.25, 0.3) is 0 Å². The van der Waals surface area contributed by atoms with Crippen molar-refractivity contribution in [1.82, 2.24) is 0 Å². The Morgan fingerprint density at radius 2 is 1.88 bits per heavy atom. The van der Waals surface area contributed by atoms with Crippen molar-refractivity contribution in [3.8, 4) is 0 Å². The predicted octanol–water partition coefficient (Wildman–Crippen LogP) is 2.86. The topological polar surface area (TPSA) is 35.3 Å². The van der Waals surface area contributed by atoms with E-state index in [0.717, 1.165) is 12.8 Å². The zero-order valence-corrected chi connectivity index (χ0v) is 9.79. The van der Waals surface area contributed by atoms with Gasteiger partial charge in [0, 0.05) is 4.90 Å². The number of fused-ring (bicyclic) bond motifs is 1. The summed E-state index contributed by atoms with van der Waals surface area (Å²) in [5.74, 6) is 0.684. The highest BCUT2D eigenvalue weighted by atomic mass is 16.9. The van der Waals surface area contributed by atoms with E-state index in [1.807, 2.05) is 18.2 Å². The normalized spacial score (nSPS) is 32.2. The largest absolute Gasteiger partial charge is 0.400 e. The molecule has 2 aliphatic rings. The van der Waals surface area contributed by atoms with Crippen molar-refractivity contribution < 1.29 is 9.74 Å². The van der Waals surface area contributed by atoms with E-state index < -0.39 is 0 Å². The van der Waals surface area contributed by atoms with Crippen molar-refractivity contribution in [2.75, 3.05) is 0 Å². The second-order valence-corrected chi connectivity index (χ2v) is 4.96. The van der Waals surface area contributed by atoms with Gasteiger partial charge in [-0.1, -0.05) is 43.2 Å². The molecule has 0 amide bonds.